The fourth-order valence-corrected chi connectivity index (χ4v) is 0. The van der Waals surface area contributed by atoms with Crippen LogP contribution < -0.4 is 39.8 Å². The molecule has 0 bridgehead atoms. The Hall–Kier alpha value is 0.540. The van der Waals surface area contributed by atoms with Crippen LogP contribution in [-0.2, 0) is 19.2 Å². The van der Waals surface area contributed by atoms with Gasteiger partial charge in [-0.05, 0) is 0 Å². The number of carbonyl (C=O) groups excluding carboxylic acids is 4. The average molecular weight is 237 g/mol. The van der Waals surface area contributed by atoms with E-state index in [1.54, 1.807) is 0 Å². The Balaban J connectivity index is -0.0000000625. The minimum absolute atomic E-state index is 0. The number of rotatable bonds is 2. The number of hydrogen-bond donors (Lipinski definition) is 0. The largest absolute Gasteiger partial charge is 2.00 e. The molecule has 0 fully saturated rings. The standard InChI is InChI=1S/2C3H4O3.Ca.Na/c2*1-2(4)3(5)6;;/h2*1H3,(H,5,6);;/q;;+2;+1/p-2. The number of hydrogen-bond acceptors (Lipinski definition) is 6. The molecule has 0 radical (unpaired) electrons. The van der Waals surface area contributed by atoms with Gasteiger partial charge in [-0.2, -0.15) is 0 Å². The molecule has 0 aliphatic rings. The average Bonchev–Trinajstić information content (AvgIpc) is 1.88. The van der Waals surface area contributed by atoms with Crippen molar-refractivity contribution in [3.05, 3.63) is 0 Å². The summed E-state index contributed by atoms with van der Waals surface area (Å²) in [5, 5.41) is 18.5. The summed E-state index contributed by atoms with van der Waals surface area (Å²) in [7, 11) is 0. The molecule has 68 valence electrons. The van der Waals surface area contributed by atoms with E-state index in [1.165, 1.54) is 0 Å². The van der Waals surface area contributed by atoms with Crippen molar-refractivity contribution in [3.63, 3.8) is 0 Å². The van der Waals surface area contributed by atoms with E-state index >= 15 is 0 Å². The fourth-order valence-electron chi connectivity index (χ4n) is 0. The van der Waals surface area contributed by atoms with Crippen molar-refractivity contribution in [3.8, 4) is 0 Å². The van der Waals surface area contributed by atoms with Gasteiger partial charge >= 0.3 is 67.3 Å². The van der Waals surface area contributed by atoms with Crippen molar-refractivity contribution >= 4 is 61.2 Å². The summed E-state index contributed by atoms with van der Waals surface area (Å²) in [4.78, 5) is 37.4. The molecular weight excluding hydrogens is 231 g/mol. The Morgan fingerprint density at radius 2 is 0.857 bits per heavy atom. The van der Waals surface area contributed by atoms with Gasteiger partial charge in [-0.1, -0.05) is 0 Å². The number of carbonyl (C=O) groups is 4. The number of carboxylic acids is 2. The number of Topliss-reactive ketones (excluding diaryl/α,β-unsaturated/α-hetero) is 2. The quantitative estimate of drug-likeness (QED) is 0.348. The molecule has 0 amide bonds. The first kappa shape index (κ1) is 24.0. The summed E-state index contributed by atoms with van der Waals surface area (Å²) >= 11 is 0. The van der Waals surface area contributed by atoms with Crippen LogP contribution in [0.1, 0.15) is 13.8 Å². The third-order valence-electron chi connectivity index (χ3n) is 0.575. The van der Waals surface area contributed by atoms with E-state index in [4.69, 9.17) is 0 Å². The minimum Gasteiger partial charge on any atom is -0.542 e. The van der Waals surface area contributed by atoms with E-state index in [9.17, 15) is 29.4 Å². The molecule has 0 rings (SSSR count). The third kappa shape index (κ3) is 22.9. The van der Waals surface area contributed by atoms with Gasteiger partial charge in [0.25, 0.3) is 0 Å². The molecule has 14 heavy (non-hydrogen) atoms. The summed E-state index contributed by atoms with van der Waals surface area (Å²) < 4.78 is 0. The Bertz CT molecular complexity index is 178. The Kier molecular flexibility index (Phi) is 23.2. The molecule has 0 aliphatic carbocycles. The van der Waals surface area contributed by atoms with Gasteiger partial charge in [0.1, 0.15) is 11.9 Å². The maximum absolute atomic E-state index is 9.48. The summed E-state index contributed by atoms with van der Waals surface area (Å²) in [6, 6.07) is 0. The summed E-state index contributed by atoms with van der Waals surface area (Å²) in [6.45, 7) is 1.88. The predicted octanol–water partition coefficient (Wildman–Crippen LogP) is -6.73. The first-order valence-corrected chi connectivity index (χ1v) is 2.72. The van der Waals surface area contributed by atoms with E-state index < -0.39 is 23.5 Å². The molecule has 0 N–H and O–H groups in total. The second kappa shape index (κ2) is 13.5. The van der Waals surface area contributed by atoms with Crippen LogP contribution in [0.15, 0.2) is 0 Å². The molecule has 0 aromatic heterocycles. The van der Waals surface area contributed by atoms with E-state index in [2.05, 4.69) is 0 Å². The summed E-state index contributed by atoms with van der Waals surface area (Å²) in [6.07, 6.45) is 0. The summed E-state index contributed by atoms with van der Waals surface area (Å²) in [5.74, 6) is -5.13. The van der Waals surface area contributed by atoms with E-state index in [1.807, 2.05) is 0 Å². The molecule has 0 saturated heterocycles. The predicted molar refractivity (Wildman–Crippen MR) is 37.1 cm³/mol. The van der Waals surface area contributed by atoms with E-state index in [0.717, 1.165) is 13.8 Å². The zero-order valence-electron chi connectivity index (χ0n) is 8.16. The van der Waals surface area contributed by atoms with Crippen molar-refractivity contribution in [1.29, 1.82) is 0 Å². The fraction of sp³-hybridized carbons (Fsp3) is 0.333. The smallest absolute Gasteiger partial charge is 0.542 e. The van der Waals surface area contributed by atoms with Crippen molar-refractivity contribution in [1.82, 2.24) is 0 Å². The van der Waals surface area contributed by atoms with Crippen LogP contribution in [0.5, 0.6) is 0 Å². The van der Waals surface area contributed by atoms with Crippen LogP contribution in [0.3, 0.4) is 0 Å². The Labute approximate surface area is 132 Å². The van der Waals surface area contributed by atoms with Gasteiger partial charge in [-0.3, -0.25) is 9.59 Å². The van der Waals surface area contributed by atoms with Gasteiger partial charge in [-0.15, -0.1) is 0 Å². The van der Waals surface area contributed by atoms with Crippen molar-refractivity contribution in [2.75, 3.05) is 0 Å². The van der Waals surface area contributed by atoms with Crippen LogP contribution in [-0.4, -0.2) is 61.2 Å². The first-order chi connectivity index (χ1) is 5.29. The molecule has 0 saturated carbocycles. The van der Waals surface area contributed by atoms with Crippen molar-refractivity contribution < 1.29 is 58.9 Å². The Morgan fingerprint density at radius 3 is 0.857 bits per heavy atom. The van der Waals surface area contributed by atoms with Gasteiger partial charge in [-0.25, -0.2) is 0 Å². The second-order valence-electron chi connectivity index (χ2n) is 1.69. The molecule has 0 spiro atoms. The SMILES string of the molecule is CC(=O)C(=O)[O-].CC(=O)C(=O)[O-].[Ca+2].[Na+]. The van der Waals surface area contributed by atoms with Crippen LogP contribution in [0.4, 0.5) is 0 Å². The van der Waals surface area contributed by atoms with E-state index in [0.29, 0.717) is 0 Å². The van der Waals surface area contributed by atoms with E-state index in [-0.39, 0.29) is 67.3 Å². The minimum atomic E-state index is -1.63. The summed E-state index contributed by atoms with van der Waals surface area (Å²) in [5.41, 5.74) is 0. The maximum Gasteiger partial charge on any atom is 2.00 e. The van der Waals surface area contributed by atoms with Gasteiger partial charge in [0.05, 0.1) is 0 Å². The zero-order valence-corrected chi connectivity index (χ0v) is 12.4. The van der Waals surface area contributed by atoms with Gasteiger partial charge in [0.15, 0.2) is 11.6 Å². The number of aliphatic carboxylic acids is 2. The van der Waals surface area contributed by atoms with Crippen LogP contribution >= 0.6 is 0 Å². The molecule has 0 aliphatic heterocycles. The molecule has 0 heterocycles. The van der Waals surface area contributed by atoms with Crippen LogP contribution in [0.25, 0.3) is 0 Å². The third-order valence-corrected chi connectivity index (χ3v) is 0.575. The second-order valence-corrected chi connectivity index (χ2v) is 1.69. The molecule has 0 aromatic carbocycles. The van der Waals surface area contributed by atoms with Crippen molar-refractivity contribution in [2.45, 2.75) is 13.8 Å². The maximum atomic E-state index is 9.48. The number of ketones is 2. The van der Waals surface area contributed by atoms with Gasteiger partial charge in [0.2, 0.25) is 0 Å². The number of carboxylic acid groups (broad SMARTS) is 2. The van der Waals surface area contributed by atoms with Crippen LogP contribution in [0.2, 0.25) is 0 Å². The first-order valence-electron chi connectivity index (χ1n) is 2.72. The van der Waals surface area contributed by atoms with Crippen molar-refractivity contribution in [2.24, 2.45) is 0 Å². The Morgan fingerprint density at radius 1 is 0.786 bits per heavy atom. The monoisotopic (exact) mass is 237 g/mol. The molecule has 0 unspecified atom stereocenters. The normalized spacial score (nSPS) is 6.43. The molecule has 0 aromatic rings. The van der Waals surface area contributed by atoms with Gasteiger partial charge in [0, 0.05) is 13.8 Å². The topological polar surface area (TPSA) is 114 Å². The van der Waals surface area contributed by atoms with Crippen LogP contribution in [0, 0.1) is 0 Å². The zero-order chi connectivity index (χ0) is 10.3. The molecule has 0 atom stereocenters. The molecule has 8 heteroatoms. The molecular formula is C6H6CaNaO6+. The molecule has 6 nitrogen and oxygen atoms in total. The van der Waals surface area contributed by atoms with Gasteiger partial charge < -0.3 is 19.8 Å².